The molecule has 0 bridgehead atoms. The van der Waals surface area contributed by atoms with Crippen LogP contribution in [0.15, 0.2) is 53.9 Å². The maximum Gasteiger partial charge on any atom is 0.251 e. The van der Waals surface area contributed by atoms with E-state index in [0.29, 0.717) is 24.4 Å². The molecule has 9 heteroatoms. The molecule has 0 spiro atoms. The van der Waals surface area contributed by atoms with Gasteiger partial charge in [0, 0.05) is 54.8 Å². The molecule has 1 aromatic heterocycles. The van der Waals surface area contributed by atoms with E-state index in [9.17, 15) is 9.59 Å². The number of anilines is 1. The Hall–Kier alpha value is -3.46. The number of ether oxygens (including phenoxy) is 2. The van der Waals surface area contributed by atoms with Crippen molar-refractivity contribution in [3.8, 4) is 11.5 Å². The zero-order valence-electron chi connectivity index (χ0n) is 19.5. The van der Waals surface area contributed by atoms with E-state index in [2.05, 4.69) is 15.6 Å². The summed E-state index contributed by atoms with van der Waals surface area (Å²) in [7, 11) is 1.88. The Bertz CT molecular complexity index is 1180. The first-order valence-corrected chi connectivity index (χ1v) is 12.1. The third-order valence-electron chi connectivity index (χ3n) is 5.36. The number of hydrogen-bond acceptors (Lipinski definition) is 6. The fourth-order valence-corrected chi connectivity index (χ4v) is 4.44. The van der Waals surface area contributed by atoms with Gasteiger partial charge in [0.15, 0.2) is 5.16 Å². The van der Waals surface area contributed by atoms with Gasteiger partial charge < -0.3 is 24.7 Å². The Kier molecular flexibility index (Phi) is 7.42. The second-order valence-corrected chi connectivity index (χ2v) is 8.99. The van der Waals surface area contributed by atoms with Gasteiger partial charge in [0.25, 0.3) is 5.91 Å². The predicted molar refractivity (Wildman–Crippen MR) is 132 cm³/mol. The first kappa shape index (κ1) is 23.7. The summed E-state index contributed by atoms with van der Waals surface area (Å²) in [5.74, 6) is 1.52. The number of rotatable bonds is 9. The monoisotopic (exact) mass is 480 g/mol. The number of nitrogens with one attached hydrogen (secondary N) is 2. The molecule has 1 aliphatic heterocycles. The summed E-state index contributed by atoms with van der Waals surface area (Å²) < 4.78 is 13.5. The molecule has 0 radical (unpaired) electrons. The maximum absolute atomic E-state index is 12.7. The van der Waals surface area contributed by atoms with Gasteiger partial charge in [0.2, 0.25) is 5.91 Å². The average Bonchev–Trinajstić information content (AvgIpc) is 3.40. The average molecular weight is 481 g/mol. The minimum absolute atomic E-state index is 0.137. The van der Waals surface area contributed by atoms with E-state index < -0.39 is 0 Å². The van der Waals surface area contributed by atoms with Crippen molar-refractivity contribution in [2.75, 3.05) is 17.7 Å². The van der Waals surface area contributed by atoms with Crippen molar-refractivity contribution in [3.63, 3.8) is 0 Å². The van der Waals surface area contributed by atoms with Crippen LogP contribution in [0.4, 0.5) is 5.69 Å². The fraction of sp³-hybridized carbons (Fsp3) is 0.320. The summed E-state index contributed by atoms with van der Waals surface area (Å²) in [6.07, 6.45) is 4.52. The summed E-state index contributed by atoms with van der Waals surface area (Å²) in [5.41, 5.74) is 3.13. The molecular weight excluding hydrogens is 452 g/mol. The maximum atomic E-state index is 12.7. The lowest BCUT2D eigenvalue weighted by Gasteiger charge is -2.13. The number of carbonyl (C=O) groups excluding carboxylic acids is 2. The van der Waals surface area contributed by atoms with Crippen LogP contribution in [0.1, 0.15) is 35.3 Å². The number of carbonyl (C=O) groups is 2. The van der Waals surface area contributed by atoms with Crippen molar-refractivity contribution in [2.45, 2.75) is 38.1 Å². The quantitative estimate of drug-likeness (QED) is 0.453. The highest BCUT2D eigenvalue weighted by Crippen LogP contribution is 2.35. The molecule has 2 aromatic carbocycles. The lowest BCUT2D eigenvalue weighted by atomic mass is 10.1. The van der Waals surface area contributed by atoms with Gasteiger partial charge in [0.05, 0.1) is 12.4 Å². The molecule has 2 amide bonds. The number of benzene rings is 2. The van der Waals surface area contributed by atoms with Crippen LogP contribution < -0.4 is 20.1 Å². The number of fused-ring (bicyclic) bond motifs is 1. The number of thioether (sulfide) groups is 1. The summed E-state index contributed by atoms with van der Waals surface area (Å²) in [6, 6.07) is 10.8. The molecule has 0 saturated heterocycles. The standard InChI is InChI=1S/C25H28N4O4S/c1-4-32-21-12-18-11-16(2)33-22(18)13-19(21)14-27-24(31)17-5-7-20(8-6-17)28-23(30)15-34-25-26-9-10-29(25)3/h5-10,12-13,16H,4,11,14-15H2,1-3H3,(H,27,31)(H,28,30). The molecule has 1 aliphatic rings. The van der Waals surface area contributed by atoms with Gasteiger partial charge >= 0.3 is 0 Å². The van der Waals surface area contributed by atoms with Crippen molar-refractivity contribution in [1.29, 1.82) is 0 Å². The minimum Gasteiger partial charge on any atom is -0.494 e. The molecule has 1 atom stereocenters. The topological polar surface area (TPSA) is 94.5 Å². The number of hydrogen-bond donors (Lipinski definition) is 2. The summed E-state index contributed by atoms with van der Waals surface area (Å²) in [5, 5.41) is 6.56. The van der Waals surface area contributed by atoms with Crippen molar-refractivity contribution >= 4 is 29.3 Å². The van der Waals surface area contributed by atoms with Crippen LogP contribution in [0.3, 0.4) is 0 Å². The Morgan fingerprint density at radius 1 is 1.26 bits per heavy atom. The van der Waals surface area contributed by atoms with Gasteiger partial charge in [-0.25, -0.2) is 4.98 Å². The molecule has 3 aromatic rings. The molecule has 178 valence electrons. The molecule has 2 N–H and O–H groups in total. The Labute approximate surface area is 203 Å². The summed E-state index contributed by atoms with van der Waals surface area (Å²) in [6.45, 7) is 4.84. The summed E-state index contributed by atoms with van der Waals surface area (Å²) in [4.78, 5) is 29.1. The zero-order chi connectivity index (χ0) is 24.1. The SMILES string of the molecule is CCOc1cc2c(cc1CNC(=O)c1ccc(NC(=O)CSc3nccn3C)cc1)OC(C)C2. The summed E-state index contributed by atoms with van der Waals surface area (Å²) >= 11 is 1.36. The van der Waals surface area contributed by atoms with E-state index in [4.69, 9.17) is 9.47 Å². The number of aromatic nitrogens is 2. The molecule has 2 heterocycles. The van der Waals surface area contributed by atoms with Crippen molar-refractivity contribution in [3.05, 3.63) is 65.5 Å². The number of nitrogens with zero attached hydrogens (tertiary/aromatic N) is 2. The fourth-order valence-electron chi connectivity index (χ4n) is 3.71. The first-order chi connectivity index (χ1) is 16.4. The second-order valence-electron chi connectivity index (χ2n) is 8.05. The highest BCUT2D eigenvalue weighted by molar-refractivity contribution is 7.99. The third kappa shape index (κ3) is 5.72. The Morgan fingerprint density at radius 2 is 2.06 bits per heavy atom. The molecule has 8 nitrogen and oxygen atoms in total. The molecule has 4 rings (SSSR count). The van der Waals surface area contributed by atoms with Crippen LogP contribution in [0, 0.1) is 0 Å². The van der Waals surface area contributed by atoms with E-state index in [1.54, 1.807) is 30.5 Å². The van der Waals surface area contributed by atoms with E-state index >= 15 is 0 Å². The van der Waals surface area contributed by atoms with Crippen LogP contribution in [0.5, 0.6) is 11.5 Å². The molecule has 0 aliphatic carbocycles. The lowest BCUT2D eigenvalue weighted by Crippen LogP contribution is -2.23. The van der Waals surface area contributed by atoms with Gasteiger partial charge in [-0.1, -0.05) is 11.8 Å². The zero-order valence-corrected chi connectivity index (χ0v) is 20.3. The van der Waals surface area contributed by atoms with Crippen molar-refractivity contribution in [2.24, 2.45) is 7.05 Å². The molecular formula is C25H28N4O4S. The molecule has 0 fully saturated rings. The van der Waals surface area contributed by atoms with Gasteiger partial charge in [-0.15, -0.1) is 0 Å². The minimum atomic E-state index is -0.208. The van der Waals surface area contributed by atoms with Crippen LogP contribution in [0.2, 0.25) is 0 Å². The molecule has 1 unspecified atom stereocenters. The smallest absolute Gasteiger partial charge is 0.251 e. The number of aryl methyl sites for hydroxylation is 1. The van der Waals surface area contributed by atoms with Gasteiger partial charge in [0.1, 0.15) is 17.6 Å². The van der Waals surface area contributed by atoms with E-state index in [1.165, 1.54) is 11.8 Å². The van der Waals surface area contributed by atoms with Crippen LogP contribution >= 0.6 is 11.8 Å². The van der Waals surface area contributed by atoms with Gasteiger partial charge in [-0.05, 0) is 50.2 Å². The van der Waals surface area contributed by atoms with Crippen LogP contribution in [0.25, 0.3) is 0 Å². The largest absolute Gasteiger partial charge is 0.494 e. The predicted octanol–water partition coefficient (Wildman–Crippen LogP) is 3.80. The van der Waals surface area contributed by atoms with Gasteiger partial charge in [-0.3, -0.25) is 9.59 Å². The first-order valence-electron chi connectivity index (χ1n) is 11.2. The third-order valence-corrected chi connectivity index (χ3v) is 6.42. The highest BCUT2D eigenvalue weighted by Gasteiger charge is 2.22. The van der Waals surface area contributed by atoms with Crippen molar-refractivity contribution in [1.82, 2.24) is 14.9 Å². The van der Waals surface area contributed by atoms with E-state index in [0.717, 1.165) is 34.2 Å². The Morgan fingerprint density at radius 3 is 2.76 bits per heavy atom. The van der Waals surface area contributed by atoms with E-state index in [1.807, 2.05) is 43.8 Å². The van der Waals surface area contributed by atoms with Crippen LogP contribution in [-0.4, -0.2) is 39.8 Å². The second kappa shape index (κ2) is 10.6. The Balaban J connectivity index is 1.32. The van der Waals surface area contributed by atoms with Crippen molar-refractivity contribution < 1.29 is 19.1 Å². The van der Waals surface area contributed by atoms with Gasteiger partial charge in [-0.2, -0.15) is 0 Å². The number of amides is 2. The van der Waals surface area contributed by atoms with Crippen LogP contribution in [-0.2, 0) is 24.8 Å². The molecule has 34 heavy (non-hydrogen) atoms. The van der Waals surface area contributed by atoms with E-state index in [-0.39, 0.29) is 23.7 Å². The normalized spacial score (nSPS) is 14.3. The molecule has 0 saturated carbocycles. The number of imidazole rings is 1. The lowest BCUT2D eigenvalue weighted by molar-refractivity contribution is -0.113. The highest BCUT2D eigenvalue weighted by atomic mass is 32.2.